The van der Waals surface area contributed by atoms with Crippen molar-refractivity contribution >= 4 is 12.0 Å². The molecule has 5 heteroatoms. The van der Waals surface area contributed by atoms with Crippen LogP contribution in [0, 0.1) is 29.1 Å². The third kappa shape index (κ3) is 3.71. The van der Waals surface area contributed by atoms with Gasteiger partial charge in [0.05, 0.1) is 5.41 Å². The van der Waals surface area contributed by atoms with E-state index >= 15 is 0 Å². The fraction of sp³-hybridized carbons (Fsp3) is 0.909. The summed E-state index contributed by atoms with van der Waals surface area (Å²) in [6, 6.07) is 0.382. The molecule has 4 aliphatic carbocycles. The number of piperidine rings is 1. The molecule has 1 aliphatic heterocycles. The standard InChI is InChI=1S/C22H36N2O3/c1-14-6-5-7-24(13-14)20(26)23-18-16-8-15-9-17(18)12-22(10-15,11-16)27-19(25)21(2,3)4/h14-18H,5-13H2,1-4H3,(H,23,26)/t14-,15?,16?,17?,18?,22?/m0/s1. The maximum atomic E-state index is 12.9. The molecule has 1 heterocycles. The summed E-state index contributed by atoms with van der Waals surface area (Å²) >= 11 is 0. The molecule has 0 aromatic carbocycles. The van der Waals surface area contributed by atoms with Gasteiger partial charge in [-0.05, 0) is 89.4 Å². The molecule has 0 aromatic rings. The van der Waals surface area contributed by atoms with Gasteiger partial charge in [0.25, 0.3) is 0 Å². The van der Waals surface area contributed by atoms with E-state index in [4.69, 9.17) is 4.74 Å². The van der Waals surface area contributed by atoms with Crippen LogP contribution < -0.4 is 5.32 Å². The van der Waals surface area contributed by atoms with Gasteiger partial charge < -0.3 is 15.0 Å². The summed E-state index contributed by atoms with van der Waals surface area (Å²) in [5, 5.41) is 3.40. The van der Waals surface area contributed by atoms with Gasteiger partial charge in [0.1, 0.15) is 5.60 Å². The van der Waals surface area contributed by atoms with E-state index in [2.05, 4.69) is 12.2 Å². The molecule has 4 bridgehead atoms. The molecule has 1 saturated heterocycles. The highest BCUT2D eigenvalue weighted by Crippen LogP contribution is 2.57. The normalized spacial score (nSPS) is 40.7. The molecule has 0 aromatic heterocycles. The number of carbonyl (C=O) groups is 2. The summed E-state index contributed by atoms with van der Waals surface area (Å²) in [7, 11) is 0. The smallest absolute Gasteiger partial charge is 0.317 e. The van der Waals surface area contributed by atoms with Gasteiger partial charge in [0.15, 0.2) is 0 Å². The van der Waals surface area contributed by atoms with Gasteiger partial charge >= 0.3 is 12.0 Å². The molecule has 2 amide bonds. The zero-order valence-corrected chi connectivity index (χ0v) is 17.4. The fourth-order valence-electron chi connectivity index (χ4n) is 6.27. The van der Waals surface area contributed by atoms with Crippen molar-refractivity contribution in [2.24, 2.45) is 29.1 Å². The van der Waals surface area contributed by atoms with Gasteiger partial charge in [-0.25, -0.2) is 4.79 Å². The summed E-state index contributed by atoms with van der Waals surface area (Å²) in [6.45, 7) is 9.78. The Morgan fingerprint density at radius 2 is 1.78 bits per heavy atom. The van der Waals surface area contributed by atoms with E-state index in [1.54, 1.807) is 0 Å². The second-order valence-corrected chi connectivity index (χ2v) is 11.0. The van der Waals surface area contributed by atoms with Gasteiger partial charge in [-0.3, -0.25) is 4.79 Å². The number of likely N-dealkylation sites (tertiary alicyclic amines) is 1. The van der Waals surface area contributed by atoms with E-state index < -0.39 is 5.41 Å². The number of hydrogen-bond donors (Lipinski definition) is 1. The molecular weight excluding hydrogens is 340 g/mol. The zero-order valence-electron chi connectivity index (χ0n) is 17.4. The summed E-state index contributed by atoms with van der Waals surface area (Å²) < 4.78 is 6.14. The first-order valence-electron chi connectivity index (χ1n) is 10.9. The average Bonchev–Trinajstić information content (AvgIpc) is 2.56. The lowest BCUT2D eigenvalue weighted by Gasteiger charge is -2.59. The van der Waals surface area contributed by atoms with Gasteiger partial charge in [-0.15, -0.1) is 0 Å². The van der Waals surface area contributed by atoms with Crippen molar-refractivity contribution in [1.82, 2.24) is 10.2 Å². The number of rotatable bonds is 2. The second kappa shape index (κ2) is 6.66. The molecule has 0 radical (unpaired) electrons. The lowest BCUT2D eigenvalue weighted by atomic mass is 9.52. The molecule has 152 valence electrons. The van der Waals surface area contributed by atoms with Crippen molar-refractivity contribution in [1.29, 1.82) is 0 Å². The number of esters is 1. The number of nitrogens with one attached hydrogen (secondary N) is 1. The predicted molar refractivity (Wildman–Crippen MR) is 104 cm³/mol. The molecule has 1 N–H and O–H groups in total. The van der Waals surface area contributed by atoms with Gasteiger partial charge in [0.2, 0.25) is 0 Å². The molecule has 5 aliphatic rings. The number of carbonyl (C=O) groups excluding carboxylic acids is 2. The summed E-state index contributed by atoms with van der Waals surface area (Å²) in [5.41, 5.74) is -0.733. The topological polar surface area (TPSA) is 58.6 Å². The van der Waals surface area contributed by atoms with Gasteiger partial charge in [-0.2, -0.15) is 0 Å². The minimum absolute atomic E-state index is 0.0765. The minimum Gasteiger partial charge on any atom is -0.459 e. The van der Waals surface area contributed by atoms with E-state index in [-0.39, 0.29) is 23.6 Å². The summed E-state index contributed by atoms with van der Waals surface area (Å²) in [4.78, 5) is 27.4. The molecular formula is C22H36N2O3. The number of nitrogens with zero attached hydrogens (tertiary/aromatic N) is 1. The fourth-order valence-corrected chi connectivity index (χ4v) is 6.27. The van der Waals surface area contributed by atoms with E-state index in [9.17, 15) is 9.59 Å². The third-order valence-corrected chi connectivity index (χ3v) is 7.37. The Morgan fingerprint density at radius 1 is 1.11 bits per heavy atom. The molecule has 27 heavy (non-hydrogen) atoms. The minimum atomic E-state index is -0.456. The van der Waals surface area contributed by atoms with Crippen LogP contribution in [0.1, 0.15) is 72.6 Å². The number of ether oxygens (including phenoxy) is 1. The van der Waals surface area contributed by atoms with Crippen LogP contribution in [0.4, 0.5) is 4.79 Å². The van der Waals surface area contributed by atoms with Crippen LogP contribution in [0.25, 0.3) is 0 Å². The molecule has 2 unspecified atom stereocenters. The Bertz CT molecular complexity index is 595. The zero-order chi connectivity index (χ0) is 19.4. The Morgan fingerprint density at radius 3 is 2.37 bits per heavy atom. The Kier molecular flexibility index (Phi) is 4.71. The summed E-state index contributed by atoms with van der Waals surface area (Å²) in [6.07, 6.45) is 7.54. The lowest BCUT2D eigenvalue weighted by molar-refractivity contribution is -0.198. The van der Waals surface area contributed by atoms with Gasteiger partial charge in [0, 0.05) is 19.1 Å². The number of urea groups is 1. The van der Waals surface area contributed by atoms with E-state index in [0.717, 1.165) is 38.8 Å². The van der Waals surface area contributed by atoms with Crippen LogP contribution in [0.15, 0.2) is 0 Å². The van der Waals surface area contributed by atoms with E-state index in [0.29, 0.717) is 23.7 Å². The SMILES string of the molecule is C[C@H]1CCCN(C(=O)NC2C3CC4CC2CC(OC(=O)C(C)(C)C)(C4)C3)C1. The Hall–Kier alpha value is -1.26. The highest BCUT2D eigenvalue weighted by molar-refractivity contribution is 5.76. The molecule has 5 fully saturated rings. The molecule has 5 nitrogen and oxygen atoms in total. The molecule has 4 saturated carbocycles. The highest BCUT2D eigenvalue weighted by atomic mass is 16.6. The largest absolute Gasteiger partial charge is 0.459 e. The first kappa shape index (κ1) is 19.1. The summed E-state index contributed by atoms with van der Waals surface area (Å²) in [5.74, 6) is 2.08. The van der Waals surface area contributed by atoms with Crippen LogP contribution in [0.3, 0.4) is 0 Å². The van der Waals surface area contributed by atoms with E-state index in [1.165, 1.54) is 19.3 Å². The van der Waals surface area contributed by atoms with Crippen molar-refractivity contribution < 1.29 is 14.3 Å². The third-order valence-electron chi connectivity index (χ3n) is 7.37. The highest BCUT2D eigenvalue weighted by Gasteiger charge is 2.58. The van der Waals surface area contributed by atoms with Crippen LogP contribution >= 0.6 is 0 Å². The van der Waals surface area contributed by atoms with Crippen LogP contribution in [-0.4, -0.2) is 41.6 Å². The lowest BCUT2D eigenvalue weighted by Crippen LogP contribution is -2.64. The van der Waals surface area contributed by atoms with Crippen molar-refractivity contribution in [3.63, 3.8) is 0 Å². The van der Waals surface area contributed by atoms with Crippen molar-refractivity contribution in [3.8, 4) is 0 Å². The Balaban J connectivity index is 1.42. The Labute approximate surface area is 163 Å². The maximum Gasteiger partial charge on any atom is 0.317 e. The molecule has 5 rings (SSSR count). The van der Waals surface area contributed by atoms with Crippen LogP contribution in [0.5, 0.6) is 0 Å². The second-order valence-electron chi connectivity index (χ2n) is 11.0. The maximum absolute atomic E-state index is 12.9. The average molecular weight is 377 g/mol. The first-order valence-corrected chi connectivity index (χ1v) is 10.9. The first-order chi connectivity index (χ1) is 12.7. The van der Waals surface area contributed by atoms with Crippen LogP contribution in [0.2, 0.25) is 0 Å². The van der Waals surface area contributed by atoms with Gasteiger partial charge in [-0.1, -0.05) is 6.92 Å². The van der Waals surface area contributed by atoms with Crippen molar-refractivity contribution in [2.45, 2.75) is 84.3 Å². The van der Waals surface area contributed by atoms with Crippen molar-refractivity contribution in [3.05, 3.63) is 0 Å². The van der Waals surface area contributed by atoms with Crippen molar-refractivity contribution in [2.75, 3.05) is 13.1 Å². The van der Waals surface area contributed by atoms with E-state index in [1.807, 2.05) is 25.7 Å². The monoisotopic (exact) mass is 376 g/mol. The predicted octanol–water partition coefficient (Wildman–Crippen LogP) is 3.96. The number of hydrogen-bond acceptors (Lipinski definition) is 3. The van der Waals surface area contributed by atoms with Crippen LogP contribution in [-0.2, 0) is 9.53 Å². The quantitative estimate of drug-likeness (QED) is 0.742. The molecule has 0 spiro atoms. The molecule has 3 atom stereocenters. The number of amides is 2.